The zero-order chi connectivity index (χ0) is 6.85. The van der Waals surface area contributed by atoms with Gasteiger partial charge < -0.3 is 4.90 Å². The van der Waals surface area contributed by atoms with Crippen LogP contribution in [0.15, 0.2) is 17.3 Å². The van der Waals surface area contributed by atoms with E-state index in [1.807, 2.05) is 0 Å². The Morgan fingerprint density at radius 2 is 2.22 bits per heavy atom. The highest BCUT2D eigenvalue weighted by molar-refractivity contribution is 6.44. The molecule has 0 unspecified atom stereocenters. The molecule has 3 nitrogen and oxygen atoms in total. The van der Waals surface area contributed by atoms with Gasteiger partial charge in [0.05, 0.1) is 0 Å². The predicted molar refractivity (Wildman–Crippen MR) is 35.3 cm³/mol. The van der Waals surface area contributed by atoms with Gasteiger partial charge in [0.2, 0.25) is 0 Å². The summed E-state index contributed by atoms with van der Waals surface area (Å²) in [5.74, 6) is -0.0301. The molecule has 0 N–H and O–H groups in total. The van der Waals surface area contributed by atoms with E-state index in [-0.39, 0.29) is 5.91 Å². The van der Waals surface area contributed by atoms with Gasteiger partial charge in [-0.2, -0.15) is 0 Å². The van der Waals surface area contributed by atoms with E-state index < -0.39 is 0 Å². The van der Waals surface area contributed by atoms with Gasteiger partial charge in [-0.05, 0) is 6.08 Å². The molecular weight excluding hydrogens is 116 g/mol. The molecule has 0 aromatic rings. The summed E-state index contributed by atoms with van der Waals surface area (Å²) in [6.07, 6.45) is 3.30. The Morgan fingerprint density at radius 1 is 1.67 bits per heavy atom. The van der Waals surface area contributed by atoms with Crippen LogP contribution in [0.1, 0.15) is 0 Å². The average molecular weight is 124 g/mol. The van der Waals surface area contributed by atoms with Gasteiger partial charge in [-0.1, -0.05) is 0 Å². The summed E-state index contributed by atoms with van der Waals surface area (Å²) in [7, 11) is 3.41. The zero-order valence-electron chi connectivity index (χ0n) is 5.46. The highest BCUT2D eigenvalue weighted by Crippen LogP contribution is 1.97. The third kappa shape index (κ3) is 0.988. The van der Waals surface area contributed by atoms with E-state index in [0.717, 1.165) is 0 Å². The third-order valence-corrected chi connectivity index (χ3v) is 1.07. The molecule has 1 heterocycles. The number of aliphatic imine (C=N–C) groups is 1. The van der Waals surface area contributed by atoms with Crippen molar-refractivity contribution in [3.8, 4) is 0 Å². The fraction of sp³-hybridized carbons (Fsp3) is 0.333. The maximum atomic E-state index is 10.9. The van der Waals surface area contributed by atoms with Crippen LogP contribution >= 0.6 is 0 Å². The van der Waals surface area contributed by atoms with Crippen LogP contribution in [0.2, 0.25) is 0 Å². The predicted octanol–water partition coefficient (Wildman–Crippen LogP) is 0.0429. The Labute approximate surface area is 53.7 Å². The second kappa shape index (κ2) is 2.01. The minimum atomic E-state index is -0.0301. The van der Waals surface area contributed by atoms with Crippen molar-refractivity contribution in [2.75, 3.05) is 14.1 Å². The lowest BCUT2D eigenvalue weighted by molar-refractivity contribution is -0.121. The standard InChI is InChI=1S/C6H8N2O/c1-8(2)6(9)5-3-4-7-5/h3-4H,1-2H3. The summed E-state index contributed by atoms with van der Waals surface area (Å²) < 4.78 is 0. The Balaban J connectivity index is 2.53. The third-order valence-electron chi connectivity index (χ3n) is 1.07. The Hall–Kier alpha value is -1.12. The first kappa shape index (κ1) is 6.01. The molecule has 0 fully saturated rings. The van der Waals surface area contributed by atoms with E-state index in [1.54, 1.807) is 26.4 Å². The molecule has 0 aromatic carbocycles. The van der Waals surface area contributed by atoms with Gasteiger partial charge in [0.15, 0.2) is 0 Å². The smallest absolute Gasteiger partial charge is 0.271 e. The number of hydrogen-bond acceptors (Lipinski definition) is 2. The fourth-order valence-electron chi connectivity index (χ4n) is 0.505. The Bertz CT molecular complexity index is 191. The van der Waals surface area contributed by atoms with Crippen LogP contribution in [-0.2, 0) is 4.79 Å². The largest absolute Gasteiger partial charge is 0.343 e. The number of carbonyl (C=O) groups is 1. The van der Waals surface area contributed by atoms with Crippen molar-refractivity contribution in [2.45, 2.75) is 0 Å². The van der Waals surface area contributed by atoms with Crippen LogP contribution in [0.4, 0.5) is 0 Å². The van der Waals surface area contributed by atoms with E-state index in [2.05, 4.69) is 4.99 Å². The first-order chi connectivity index (χ1) is 4.22. The van der Waals surface area contributed by atoms with Crippen molar-refractivity contribution in [1.82, 2.24) is 4.90 Å². The fourth-order valence-corrected chi connectivity index (χ4v) is 0.505. The Morgan fingerprint density at radius 3 is 2.33 bits per heavy atom. The molecule has 9 heavy (non-hydrogen) atoms. The lowest BCUT2D eigenvalue weighted by atomic mass is 10.3. The average Bonchev–Trinajstić information content (AvgIpc) is 1.60. The van der Waals surface area contributed by atoms with Crippen LogP contribution in [0.25, 0.3) is 0 Å². The van der Waals surface area contributed by atoms with Crippen molar-refractivity contribution in [3.05, 3.63) is 12.3 Å². The minimum absolute atomic E-state index is 0.0301. The maximum absolute atomic E-state index is 10.9. The quantitative estimate of drug-likeness (QED) is 0.486. The summed E-state index contributed by atoms with van der Waals surface area (Å²) >= 11 is 0. The molecule has 0 aromatic heterocycles. The van der Waals surface area contributed by atoms with E-state index in [0.29, 0.717) is 5.71 Å². The first-order valence-corrected chi connectivity index (χ1v) is 2.68. The minimum Gasteiger partial charge on any atom is -0.343 e. The molecule has 0 atom stereocenters. The number of carbonyl (C=O) groups excluding carboxylic acids is 1. The number of rotatable bonds is 1. The highest BCUT2D eigenvalue weighted by atomic mass is 16.2. The van der Waals surface area contributed by atoms with Crippen LogP contribution in [0, 0.1) is 0 Å². The number of hydrogen-bond donors (Lipinski definition) is 0. The van der Waals surface area contributed by atoms with Crippen molar-refractivity contribution >= 4 is 11.6 Å². The van der Waals surface area contributed by atoms with Gasteiger partial charge in [0, 0.05) is 20.3 Å². The second-order valence-electron chi connectivity index (χ2n) is 2.03. The molecule has 0 saturated carbocycles. The molecule has 0 radical (unpaired) electrons. The molecule has 1 aliphatic rings. The first-order valence-electron chi connectivity index (χ1n) is 2.68. The molecule has 3 heteroatoms. The van der Waals surface area contributed by atoms with E-state index >= 15 is 0 Å². The van der Waals surface area contributed by atoms with Crippen molar-refractivity contribution in [2.24, 2.45) is 4.99 Å². The summed E-state index contributed by atoms with van der Waals surface area (Å²) in [5.41, 5.74) is 0.542. The van der Waals surface area contributed by atoms with Crippen LogP contribution in [0.5, 0.6) is 0 Å². The van der Waals surface area contributed by atoms with Gasteiger partial charge >= 0.3 is 0 Å². The summed E-state index contributed by atoms with van der Waals surface area (Å²) in [5, 5.41) is 0. The lowest BCUT2D eigenvalue weighted by Crippen LogP contribution is -2.30. The van der Waals surface area contributed by atoms with E-state index in [4.69, 9.17) is 0 Å². The molecule has 1 aliphatic heterocycles. The zero-order valence-corrected chi connectivity index (χ0v) is 5.46. The summed E-state index contributed by atoms with van der Waals surface area (Å²) in [6, 6.07) is 0. The number of nitrogens with zero attached hydrogens (tertiary/aromatic N) is 2. The molecule has 0 aliphatic carbocycles. The molecule has 0 bridgehead atoms. The molecular formula is C6H8N2O. The van der Waals surface area contributed by atoms with Crippen LogP contribution in [-0.4, -0.2) is 30.6 Å². The normalized spacial score (nSPS) is 14.2. The van der Waals surface area contributed by atoms with E-state index in [1.165, 1.54) is 4.90 Å². The monoisotopic (exact) mass is 124 g/mol. The van der Waals surface area contributed by atoms with Gasteiger partial charge in [-0.25, -0.2) is 0 Å². The highest BCUT2D eigenvalue weighted by Gasteiger charge is 2.12. The van der Waals surface area contributed by atoms with Gasteiger partial charge in [0.1, 0.15) is 5.71 Å². The molecule has 48 valence electrons. The van der Waals surface area contributed by atoms with Gasteiger partial charge in [0.25, 0.3) is 5.91 Å². The second-order valence-corrected chi connectivity index (χ2v) is 2.03. The maximum Gasteiger partial charge on any atom is 0.271 e. The molecule has 0 saturated heterocycles. The van der Waals surface area contributed by atoms with Crippen LogP contribution in [0.3, 0.4) is 0 Å². The van der Waals surface area contributed by atoms with Crippen molar-refractivity contribution < 1.29 is 4.79 Å². The summed E-state index contributed by atoms with van der Waals surface area (Å²) in [6.45, 7) is 0. The lowest BCUT2D eigenvalue weighted by Gasteiger charge is -2.11. The molecule has 1 rings (SSSR count). The summed E-state index contributed by atoms with van der Waals surface area (Å²) in [4.78, 5) is 16.1. The SMILES string of the molecule is CN(C)C(=O)C1=NC=C1. The topological polar surface area (TPSA) is 32.7 Å². The van der Waals surface area contributed by atoms with Crippen LogP contribution < -0.4 is 0 Å². The van der Waals surface area contributed by atoms with E-state index in [9.17, 15) is 4.79 Å². The Kier molecular flexibility index (Phi) is 1.34. The van der Waals surface area contributed by atoms with Crippen molar-refractivity contribution in [3.63, 3.8) is 0 Å². The van der Waals surface area contributed by atoms with Gasteiger partial charge in [-0.3, -0.25) is 9.79 Å². The molecule has 0 spiro atoms. The van der Waals surface area contributed by atoms with Gasteiger partial charge in [-0.15, -0.1) is 0 Å². The molecule has 1 amide bonds. The number of amides is 1. The van der Waals surface area contributed by atoms with Crippen molar-refractivity contribution in [1.29, 1.82) is 0 Å².